The lowest BCUT2D eigenvalue weighted by Crippen LogP contribution is -2.26. The Morgan fingerprint density at radius 1 is 1.33 bits per heavy atom. The SMILES string of the molecule is NC1CCN(c2ccnc(C3CC3)c2)C1. The molecule has 0 amide bonds. The van der Waals surface area contributed by atoms with Gasteiger partial charge in [0.15, 0.2) is 0 Å². The molecule has 3 nitrogen and oxygen atoms in total. The van der Waals surface area contributed by atoms with E-state index in [0.717, 1.165) is 25.4 Å². The van der Waals surface area contributed by atoms with Crippen LogP contribution in [-0.4, -0.2) is 24.1 Å². The summed E-state index contributed by atoms with van der Waals surface area (Å²) in [6.45, 7) is 2.09. The van der Waals surface area contributed by atoms with Gasteiger partial charge < -0.3 is 10.6 Å². The Morgan fingerprint density at radius 3 is 2.87 bits per heavy atom. The molecule has 0 radical (unpaired) electrons. The molecule has 2 N–H and O–H groups in total. The first-order valence-electron chi connectivity index (χ1n) is 5.79. The first kappa shape index (κ1) is 9.16. The summed E-state index contributed by atoms with van der Waals surface area (Å²) in [5.74, 6) is 0.737. The molecular formula is C12H17N3. The average molecular weight is 203 g/mol. The highest BCUT2D eigenvalue weighted by Crippen LogP contribution is 2.39. The minimum Gasteiger partial charge on any atom is -0.370 e. The van der Waals surface area contributed by atoms with E-state index in [1.165, 1.54) is 24.2 Å². The van der Waals surface area contributed by atoms with Gasteiger partial charge in [-0.1, -0.05) is 0 Å². The third-order valence-corrected chi connectivity index (χ3v) is 3.35. The molecule has 1 aliphatic carbocycles. The molecule has 1 atom stereocenters. The molecular weight excluding hydrogens is 186 g/mol. The van der Waals surface area contributed by atoms with Crippen molar-refractivity contribution >= 4 is 5.69 Å². The number of anilines is 1. The molecule has 15 heavy (non-hydrogen) atoms. The normalized spacial score (nSPS) is 25.9. The van der Waals surface area contributed by atoms with Crippen LogP contribution in [0.15, 0.2) is 18.3 Å². The number of nitrogens with two attached hydrogens (primary N) is 1. The molecule has 1 unspecified atom stereocenters. The molecule has 1 aliphatic heterocycles. The number of aromatic nitrogens is 1. The van der Waals surface area contributed by atoms with Gasteiger partial charge in [0.2, 0.25) is 0 Å². The van der Waals surface area contributed by atoms with Crippen molar-refractivity contribution < 1.29 is 0 Å². The first-order chi connectivity index (χ1) is 7.33. The molecule has 1 saturated carbocycles. The monoisotopic (exact) mass is 203 g/mol. The molecule has 1 saturated heterocycles. The molecule has 2 aliphatic rings. The standard InChI is InChI=1S/C12H17N3/c13-10-4-6-15(8-10)11-3-5-14-12(7-11)9-1-2-9/h3,5,7,9-10H,1-2,4,6,8,13H2. The summed E-state index contributed by atoms with van der Waals surface area (Å²) in [5, 5.41) is 0. The van der Waals surface area contributed by atoms with Crippen LogP contribution < -0.4 is 10.6 Å². The lowest BCUT2D eigenvalue weighted by atomic mass is 10.2. The Bertz CT molecular complexity index is 360. The summed E-state index contributed by atoms with van der Waals surface area (Å²) in [6, 6.07) is 4.70. The molecule has 2 heterocycles. The number of nitrogens with zero attached hydrogens (tertiary/aromatic N) is 2. The van der Waals surface area contributed by atoms with Gasteiger partial charge in [0, 0.05) is 42.6 Å². The smallest absolute Gasteiger partial charge is 0.0455 e. The van der Waals surface area contributed by atoms with Gasteiger partial charge in [-0.25, -0.2) is 0 Å². The van der Waals surface area contributed by atoms with Crippen molar-refractivity contribution in [1.82, 2.24) is 4.98 Å². The highest BCUT2D eigenvalue weighted by Gasteiger charge is 2.26. The van der Waals surface area contributed by atoms with E-state index in [2.05, 4.69) is 22.0 Å². The van der Waals surface area contributed by atoms with Crippen LogP contribution in [0.5, 0.6) is 0 Å². The first-order valence-corrected chi connectivity index (χ1v) is 5.79. The quantitative estimate of drug-likeness (QED) is 0.792. The Kier molecular flexibility index (Phi) is 2.13. The van der Waals surface area contributed by atoms with Gasteiger partial charge in [-0.05, 0) is 31.4 Å². The fraction of sp³-hybridized carbons (Fsp3) is 0.583. The molecule has 1 aromatic rings. The van der Waals surface area contributed by atoms with Gasteiger partial charge in [0.25, 0.3) is 0 Å². The van der Waals surface area contributed by atoms with Crippen molar-refractivity contribution in [1.29, 1.82) is 0 Å². The van der Waals surface area contributed by atoms with Crippen LogP contribution in [0.1, 0.15) is 30.9 Å². The zero-order valence-electron chi connectivity index (χ0n) is 8.89. The minimum absolute atomic E-state index is 0.350. The molecule has 3 heteroatoms. The molecule has 3 rings (SSSR count). The van der Waals surface area contributed by atoms with Gasteiger partial charge in [-0.15, -0.1) is 0 Å². The van der Waals surface area contributed by atoms with Gasteiger partial charge in [-0.2, -0.15) is 0 Å². The summed E-state index contributed by atoms with van der Waals surface area (Å²) < 4.78 is 0. The lowest BCUT2D eigenvalue weighted by molar-refractivity contribution is 0.752. The van der Waals surface area contributed by atoms with E-state index in [1.54, 1.807) is 0 Å². The van der Waals surface area contributed by atoms with Gasteiger partial charge in [0.05, 0.1) is 0 Å². The Balaban J connectivity index is 1.81. The van der Waals surface area contributed by atoms with Crippen molar-refractivity contribution in [2.45, 2.75) is 31.2 Å². The highest BCUT2D eigenvalue weighted by atomic mass is 15.2. The predicted molar refractivity (Wildman–Crippen MR) is 61.0 cm³/mol. The molecule has 0 spiro atoms. The van der Waals surface area contributed by atoms with Crippen LogP contribution in [0.3, 0.4) is 0 Å². The maximum atomic E-state index is 5.92. The predicted octanol–water partition coefficient (Wildman–Crippen LogP) is 1.50. The van der Waals surface area contributed by atoms with E-state index in [1.807, 2.05) is 6.20 Å². The highest BCUT2D eigenvalue weighted by molar-refractivity contribution is 5.48. The zero-order chi connectivity index (χ0) is 10.3. The van der Waals surface area contributed by atoms with Gasteiger partial charge in [0.1, 0.15) is 0 Å². The van der Waals surface area contributed by atoms with E-state index in [4.69, 9.17) is 5.73 Å². The second-order valence-corrected chi connectivity index (χ2v) is 4.71. The fourth-order valence-electron chi connectivity index (χ4n) is 2.26. The summed E-state index contributed by atoms with van der Waals surface area (Å²) in [5.41, 5.74) is 8.49. The Hall–Kier alpha value is -1.09. The number of pyridine rings is 1. The van der Waals surface area contributed by atoms with Crippen molar-refractivity contribution in [3.8, 4) is 0 Å². The summed E-state index contributed by atoms with van der Waals surface area (Å²) in [4.78, 5) is 6.81. The van der Waals surface area contributed by atoms with Crippen LogP contribution in [-0.2, 0) is 0 Å². The van der Waals surface area contributed by atoms with E-state index in [-0.39, 0.29) is 0 Å². The van der Waals surface area contributed by atoms with Crippen LogP contribution in [0, 0.1) is 0 Å². The zero-order valence-corrected chi connectivity index (χ0v) is 8.89. The molecule has 0 aromatic carbocycles. The molecule has 1 aromatic heterocycles. The number of hydrogen-bond acceptors (Lipinski definition) is 3. The van der Waals surface area contributed by atoms with E-state index >= 15 is 0 Å². The van der Waals surface area contributed by atoms with Crippen molar-refractivity contribution in [2.24, 2.45) is 5.73 Å². The third kappa shape index (κ3) is 1.84. The number of hydrogen-bond donors (Lipinski definition) is 1. The maximum absolute atomic E-state index is 5.92. The van der Waals surface area contributed by atoms with E-state index in [0.29, 0.717) is 6.04 Å². The molecule has 2 fully saturated rings. The minimum atomic E-state index is 0.350. The lowest BCUT2D eigenvalue weighted by Gasteiger charge is -2.18. The second-order valence-electron chi connectivity index (χ2n) is 4.71. The molecule has 0 bridgehead atoms. The van der Waals surface area contributed by atoms with Gasteiger partial charge in [-0.3, -0.25) is 4.98 Å². The third-order valence-electron chi connectivity index (χ3n) is 3.35. The number of rotatable bonds is 2. The maximum Gasteiger partial charge on any atom is 0.0455 e. The summed E-state index contributed by atoms with van der Waals surface area (Å²) >= 11 is 0. The van der Waals surface area contributed by atoms with Crippen molar-refractivity contribution in [3.05, 3.63) is 24.0 Å². The van der Waals surface area contributed by atoms with Crippen LogP contribution in [0.2, 0.25) is 0 Å². The van der Waals surface area contributed by atoms with Crippen LogP contribution in [0.4, 0.5) is 5.69 Å². The Labute approximate surface area is 90.3 Å². The largest absolute Gasteiger partial charge is 0.370 e. The van der Waals surface area contributed by atoms with Crippen molar-refractivity contribution in [2.75, 3.05) is 18.0 Å². The summed E-state index contributed by atoms with van der Waals surface area (Å²) in [6.07, 6.45) is 5.68. The average Bonchev–Trinajstić information content (AvgIpc) is 3.02. The van der Waals surface area contributed by atoms with E-state index < -0.39 is 0 Å². The fourth-order valence-corrected chi connectivity index (χ4v) is 2.26. The van der Waals surface area contributed by atoms with Crippen molar-refractivity contribution in [3.63, 3.8) is 0 Å². The van der Waals surface area contributed by atoms with E-state index in [9.17, 15) is 0 Å². The van der Waals surface area contributed by atoms with Crippen LogP contribution in [0.25, 0.3) is 0 Å². The topological polar surface area (TPSA) is 42.1 Å². The summed E-state index contributed by atoms with van der Waals surface area (Å²) in [7, 11) is 0. The van der Waals surface area contributed by atoms with Crippen LogP contribution >= 0.6 is 0 Å². The van der Waals surface area contributed by atoms with Gasteiger partial charge >= 0.3 is 0 Å². The second kappa shape index (κ2) is 3.49. The molecule has 80 valence electrons. The Morgan fingerprint density at radius 2 is 2.20 bits per heavy atom.